The Morgan fingerprint density at radius 2 is 0.533 bits per heavy atom. The molecule has 0 unspecified atom stereocenters. The van der Waals surface area contributed by atoms with Crippen LogP contribution in [0.5, 0.6) is 0 Å². The minimum absolute atomic E-state index is 0.167. The molecule has 3 aromatic heterocycles. The first kappa shape index (κ1) is 59.3. The molecule has 398 valence electrons. The van der Waals surface area contributed by atoms with Crippen LogP contribution in [0.25, 0.3) is 134 Å². The number of nitrogens with zero attached hydrogens (tertiary/aromatic N) is 3. The third-order valence-corrected chi connectivity index (χ3v) is 17.1. The van der Waals surface area contributed by atoms with E-state index in [4.69, 9.17) is 93.4 Å². The van der Waals surface area contributed by atoms with Crippen LogP contribution in [0.4, 0.5) is 0 Å². The highest BCUT2D eigenvalue weighted by Crippen LogP contribution is 2.45. The Morgan fingerprint density at radius 3 is 0.933 bits per heavy atom. The first-order valence-electron chi connectivity index (χ1n) is 29.4. The second kappa shape index (κ2) is 24.7. The maximum atomic E-state index is 6.48. The maximum Gasteiger partial charge on any atom is 0.113 e. The topological polar surface area (TPSA) is 38.7 Å². The molecule has 3 heterocycles. The summed E-state index contributed by atoms with van der Waals surface area (Å²) in [6, 6.07) is 77.1. The number of aryl methyl sites for hydroxylation is 2. The smallest absolute Gasteiger partial charge is 0.113 e. The van der Waals surface area contributed by atoms with Gasteiger partial charge in [-0.05, 0) is 163 Å². The van der Waals surface area contributed by atoms with Crippen molar-refractivity contribution >= 4 is 133 Å². The average Bonchev–Trinajstić information content (AvgIpc) is 0.824. The van der Waals surface area contributed by atoms with Crippen LogP contribution >= 0.6 is 0 Å². The number of hydrogen-bond donors (Lipinski definition) is 0. The first-order chi connectivity index (χ1) is 43.6. The molecule has 13 rings (SSSR count). The molecule has 20 radical (unpaired) electrons. The Balaban J connectivity index is 0.920. The van der Waals surface area contributed by atoms with Crippen LogP contribution in [0.2, 0.25) is 0 Å². The minimum Gasteiger partial charge on any atom is -0.256 e. The Labute approximate surface area is 540 Å². The number of hydrogen-bond acceptors (Lipinski definition) is 3. The number of pyridine rings is 3. The van der Waals surface area contributed by atoms with Gasteiger partial charge in [-0.25, -0.2) is 0 Å². The summed E-state index contributed by atoms with van der Waals surface area (Å²) in [6.45, 7) is 3.97. The molecular weight excluding hydrogens is 1070 g/mol. The zero-order chi connectivity index (χ0) is 62.5. The summed E-state index contributed by atoms with van der Waals surface area (Å²) in [6.07, 6.45) is 5.35. The summed E-state index contributed by atoms with van der Waals surface area (Å²) in [5.41, 5.74) is 26.8. The van der Waals surface area contributed by atoms with Gasteiger partial charge in [0.15, 0.2) is 0 Å². The van der Waals surface area contributed by atoms with Crippen LogP contribution in [0.15, 0.2) is 237 Å². The maximum absolute atomic E-state index is 6.48. The lowest BCUT2D eigenvalue weighted by Gasteiger charge is -2.22. The van der Waals surface area contributed by atoms with Crippen LogP contribution in [0.1, 0.15) is 11.1 Å². The fourth-order valence-electron chi connectivity index (χ4n) is 12.2. The third-order valence-electron chi connectivity index (χ3n) is 17.1. The Morgan fingerprint density at radius 1 is 0.211 bits per heavy atom. The normalized spacial score (nSPS) is 11.2. The lowest BCUT2D eigenvalue weighted by Crippen LogP contribution is -2.55. The van der Waals surface area contributed by atoms with Gasteiger partial charge < -0.3 is 0 Å². The molecule has 3 nitrogen and oxygen atoms in total. The summed E-state index contributed by atoms with van der Waals surface area (Å²) in [5, 5.41) is 0. The van der Waals surface area contributed by atoms with Crippen LogP contribution in [-0.2, 0) is 0 Å². The third kappa shape index (κ3) is 11.0. The van der Waals surface area contributed by atoms with E-state index in [1.807, 2.05) is 44.3 Å². The van der Waals surface area contributed by atoms with Crippen molar-refractivity contribution in [3.63, 3.8) is 0 Å². The lowest BCUT2D eigenvalue weighted by molar-refractivity contribution is 1.29. The van der Waals surface area contributed by atoms with Crippen molar-refractivity contribution in [3.8, 4) is 134 Å². The molecule has 0 spiro atoms. The molecule has 0 amide bonds. The second-order valence-corrected chi connectivity index (χ2v) is 22.6. The number of benzene rings is 10. The van der Waals surface area contributed by atoms with Gasteiger partial charge >= 0.3 is 0 Å². The van der Waals surface area contributed by atoms with Crippen LogP contribution in [-0.4, -0.2) is 93.4 Å². The van der Waals surface area contributed by atoms with Crippen LogP contribution in [0.3, 0.4) is 0 Å². The van der Waals surface area contributed by atoms with E-state index in [-0.39, 0.29) is 54.6 Å². The predicted octanol–water partition coefficient (Wildman–Crippen LogP) is 8.43. The van der Waals surface area contributed by atoms with Gasteiger partial charge in [0.2, 0.25) is 0 Å². The van der Waals surface area contributed by atoms with Crippen LogP contribution < -0.4 is 54.6 Å². The Bertz CT molecular complexity index is 4680. The van der Waals surface area contributed by atoms with E-state index in [2.05, 4.69) is 194 Å². The van der Waals surface area contributed by atoms with Gasteiger partial charge in [0.25, 0.3) is 0 Å². The molecule has 10 aromatic carbocycles. The van der Waals surface area contributed by atoms with Crippen molar-refractivity contribution < 1.29 is 0 Å². The number of aromatic nitrogens is 3. The minimum atomic E-state index is 0.167. The summed E-state index contributed by atoms with van der Waals surface area (Å²) in [5.74, 6) is 0. The predicted molar refractivity (Wildman–Crippen MR) is 388 cm³/mol. The zero-order valence-electron chi connectivity index (χ0n) is 49.6. The Hall–Kier alpha value is -9.70. The fourth-order valence-corrected chi connectivity index (χ4v) is 12.2. The van der Waals surface area contributed by atoms with E-state index in [1.165, 1.54) is 0 Å². The largest absolute Gasteiger partial charge is 0.256 e. The van der Waals surface area contributed by atoms with Crippen LogP contribution in [0, 0.1) is 13.8 Å². The SMILES string of the molecule is [B]c1c([B])c([B])c(-c2cnc(-c3ccc(-c4ccccc4-c4cc(-c5ccccc5-c5ccc(-c6cc(C)c(-c7c([B])c([B])c([B])c([B])c7[B])cn6)cc5)cc(-c5ccccc5-c5ccc(-c6ccccn6)cc5-c5ccccc5)c4)cc3)cc2C)c([B])c1[B]. The molecule has 0 saturated carbocycles. The summed E-state index contributed by atoms with van der Waals surface area (Å²) in [7, 11) is 63.3. The zero-order valence-corrected chi connectivity index (χ0v) is 49.6. The van der Waals surface area contributed by atoms with Gasteiger partial charge in [-0.2, -0.15) is 0 Å². The van der Waals surface area contributed by atoms with Crippen molar-refractivity contribution in [1.82, 2.24) is 15.0 Å². The molecular formula is C77H45B10N3. The molecule has 0 saturated heterocycles. The molecule has 0 atom stereocenters. The van der Waals surface area contributed by atoms with E-state index in [0.717, 1.165) is 134 Å². The molecule has 0 N–H and O–H groups in total. The molecule has 13 aromatic rings. The van der Waals surface area contributed by atoms with Gasteiger partial charge in [-0.1, -0.05) is 192 Å². The molecule has 90 heavy (non-hydrogen) atoms. The average molecular weight is 1120 g/mol. The summed E-state index contributed by atoms with van der Waals surface area (Å²) < 4.78 is 0. The van der Waals surface area contributed by atoms with Gasteiger partial charge in [-0.3, -0.25) is 15.0 Å². The highest BCUT2D eigenvalue weighted by molar-refractivity contribution is 6.70. The van der Waals surface area contributed by atoms with Crippen molar-refractivity contribution in [2.45, 2.75) is 13.8 Å². The molecule has 0 bridgehead atoms. The summed E-state index contributed by atoms with van der Waals surface area (Å²) in [4.78, 5) is 14.5. The molecule has 0 fully saturated rings. The standard InChI is InChI=1S/C77H45B10N3/c1-42-34-64(89-40-61(42)66-68(78)72(82)76(86)73(83)69(66)79)47-27-23-45(24-28-47)53-16-6-8-18-55(53)50-36-51(38-52(37-50)57-20-10-11-21-58(57)59-32-31-49(63-22-12-13-33-88-63)39-60(59)44-14-4-3-5-15-44)56-19-9-7-17-54(56)46-25-29-48(30-26-46)65-35-43(2)62(41-90-65)67-70(80)74(84)77(87)75(85)71(67)81/h3-41H,1-2H3. The highest BCUT2D eigenvalue weighted by Gasteiger charge is 2.21. The van der Waals surface area contributed by atoms with E-state index < -0.39 is 0 Å². The highest BCUT2D eigenvalue weighted by atomic mass is 14.7. The molecule has 0 aliphatic heterocycles. The van der Waals surface area contributed by atoms with E-state index in [1.54, 1.807) is 12.4 Å². The molecule has 0 aliphatic carbocycles. The van der Waals surface area contributed by atoms with Gasteiger partial charge in [0, 0.05) is 46.4 Å². The molecule has 0 aliphatic rings. The first-order valence-corrected chi connectivity index (χ1v) is 29.4. The van der Waals surface area contributed by atoms with Crippen molar-refractivity contribution in [1.29, 1.82) is 0 Å². The van der Waals surface area contributed by atoms with Gasteiger partial charge in [0.05, 0.1) is 17.1 Å². The summed E-state index contributed by atoms with van der Waals surface area (Å²) >= 11 is 0. The van der Waals surface area contributed by atoms with Crippen molar-refractivity contribution in [3.05, 3.63) is 248 Å². The fraction of sp³-hybridized carbons (Fsp3) is 0.0260. The van der Waals surface area contributed by atoms with E-state index >= 15 is 0 Å². The number of rotatable bonds is 12. The second-order valence-electron chi connectivity index (χ2n) is 22.6. The van der Waals surface area contributed by atoms with E-state index in [0.29, 0.717) is 11.1 Å². The van der Waals surface area contributed by atoms with Crippen molar-refractivity contribution in [2.24, 2.45) is 0 Å². The lowest BCUT2D eigenvalue weighted by atomic mass is 9.59. The van der Waals surface area contributed by atoms with E-state index in [9.17, 15) is 0 Å². The Kier molecular flexibility index (Phi) is 16.3. The monoisotopic (exact) mass is 1120 g/mol. The van der Waals surface area contributed by atoms with Crippen molar-refractivity contribution in [2.75, 3.05) is 0 Å². The van der Waals surface area contributed by atoms with Gasteiger partial charge in [0.1, 0.15) is 78.5 Å². The quantitative estimate of drug-likeness (QED) is 0.116. The van der Waals surface area contributed by atoms with Gasteiger partial charge in [-0.15, -0.1) is 32.8 Å². The molecule has 13 heteroatoms.